The molecule has 0 radical (unpaired) electrons. The number of carbonyl (C=O) groups is 1. The van der Waals surface area contributed by atoms with Crippen molar-refractivity contribution < 1.29 is 4.79 Å². The highest BCUT2D eigenvalue weighted by atomic mass is 35.5. The molecule has 25 heavy (non-hydrogen) atoms. The Kier molecular flexibility index (Phi) is 5.32. The number of thioether (sulfide) groups is 1. The van der Waals surface area contributed by atoms with Crippen molar-refractivity contribution in [3.8, 4) is 0 Å². The highest BCUT2D eigenvalue weighted by molar-refractivity contribution is 8.00. The third-order valence-electron chi connectivity index (χ3n) is 3.97. The van der Waals surface area contributed by atoms with Crippen molar-refractivity contribution in [3.63, 3.8) is 0 Å². The van der Waals surface area contributed by atoms with Crippen LogP contribution in [0.2, 0.25) is 5.02 Å². The van der Waals surface area contributed by atoms with Crippen molar-refractivity contribution in [1.82, 2.24) is 9.97 Å². The van der Waals surface area contributed by atoms with Crippen LogP contribution in [0.25, 0.3) is 10.2 Å². The lowest BCUT2D eigenvalue weighted by atomic mass is 10.1. The minimum absolute atomic E-state index is 0.102. The number of benzene rings is 1. The summed E-state index contributed by atoms with van der Waals surface area (Å²) in [6, 6.07) is 3.85. The predicted octanol–water partition coefficient (Wildman–Crippen LogP) is 5.31. The quantitative estimate of drug-likeness (QED) is 0.483. The van der Waals surface area contributed by atoms with Crippen LogP contribution in [-0.2, 0) is 4.79 Å². The Balaban J connectivity index is 1.76. The standard InChI is InChI=1S/C18H18ClN3OS2/c1-9-5-10(2)16(13(19)6-9)22-14(23)7-24-17-15-11(3)12(4)25-18(15)21-8-20-17/h5-6,8H,7H2,1-4H3,(H,22,23). The topological polar surface area (TPSA) is 54.9 Å². The molecule has 130 valence electrons. The molecule has 0 unspecified atom stereocenters. The third-order valence-corrected chi connectivity index (χ3v) is 6.37. The molecular formula is C18H18ClN3OS2. The van der Waals surface area contributed by atoms with Gasteiger partial charge in [-0.2, -0.15) is 0 Å². The highest BCUT2D eigenvalue weighted by Gasteiger charge is 2.15. The van der Waals surface area contributed by atoms with Gasteiger partial charge in [0.1, 0.15) is 16.2 Å². The Morgan fingerprint density at radius 3 is 2.72 bits per heavy atom. The van der Waals surface area contributed by atoms with Crippen LogP contribution in [0.5, 0.6) is 0 Å². The van der Waals surface area contributed by atoms with E-state index in [1.54, 1.807) is 17.7 Å². The molecule has 1 amide bonds. The average Bonchev–Trinajstić information content (AvgIpc) is 2.84. The largest absolute Gasteiger partial charge is 0.324 e. The summed E-state index contributed by atoms with van der Waals surface area (Å²) < 4.78 is 0. The molecule has 7 heteroatoms. The van der Waals surface area contributed by atoms with Crippen LogP contribution in [0, 0.1) is 27.7 Å². The lowest BCUT2D eigenvalue weighted by molar-refractivity contribution is -0.113. The first-order chi connectivity index (χ1) is 11.9. The van der Waals surface area contributed by atoms with Crippen molar-refractivity contribution in [2.45, 2.75) is 32.7 Å². The Morgan fingerprint density at radius 1 is 1.24 bits per heavy atom. The maximum atomic E-state index is 12.4. The second kappa shape index (κ2) is 7.32. The molecule has 0 saturated heterocycles. The highest BCUT2D eigenvalue weighted by Crippen LogP contribution is 2.34. The van der Waals surface area contributed by atoms with E-state index in [4.69, 9.17) is 11.6 Å². The van der Waals surface area contributed by atoms with Crippen LogP contribution in [0.3, 0.4) is 0 Å². The fraction of sp³-hybridized carbons (Fsp3) is 0.278. The zero-order valence-corrected chi connectivity index (χ0v) is 16.8. The van der Waals surface area contributed by atoms with E-state index in [1.807, 2.05) is 26.0 Å². The van der Waals surface area contributed by atoms with Gasteiger partial charge >= 0.3 is 0 Å². The molecule has 0 atom stereocenters. The summed E-state index contributed by atoms with van der Waals surface area (Å²) in [7, 11) is 0. The number of thiophene rings is 1. The average molecular weight is 392 g/mol. The molecular weight excluding hydrogens is 374 g/mol. The van der Waals surface area contributed by atoms with Crippen LogP contribution in [0.1, 0.15) is 21.6 Å². The molecule has 2 heterocycles. The predicted molar refractivity (Wildman–Crippen MR) is 107 cm³/mol. The van der Waals surface area contributed by atoms with E-state index in [-0.39, 0.29) is 11.7 Å². The number of hydrogen-bond donors (Lipinski definition) is 1. The van der Waals surface area contributed by atoms with Gasteiger partial charge in [-0.05, 0) is 50.5 Å². The van der Waals surface area contributed by atoms with E-state index < -0.39 is 0 Å². The number of nitrogens with zero attached hydrogens (tertiary/aromatic N) is 2. The van der Waals surface area contributed by atoms with Gasteiger partial charge in [-0.3, -0.25) is 4.79 Å². The van der Waals surface area contributed by atoms with Crippen LogP contribution in [0.15, 0.2) is 23.5 Å². The third kappa shape index (κ3) is 3.81. The van der Waals surface area contributed by atoms with Crippen molar-refractivity contribution in [2.24, 2.45) is 0 Å². The fourth-order valence-electron chi connectivity index (χ4n) is 2.64. The van der Waals surface area contributed by atoms with Gasteiger partial charge in [-0.25, -0.2) is 9.97 Å². The summed E-state index contributed by atoms with van der Waals surface area (Å²) in [5, 5.41) is 5.36. The molecule has 1 aromatic carbocycles. The van der Waals surface area contributed by atoms with E-state index in [0.29, 0.717) is 10.7 Å². The number of aryl methyl sites for hydroxylation is 4. The second-order valence-electron chi connectivity index (χ2n) is 5.92. The lowest BCUT2D eigenvalue weighted by Crippen LogP contribution is -2.15. The first-order valence-corrected chi connectivity index (χ1v) is 9.95. The molecule has 0 aliphatic rings. The second-order valence-corrected chi connectivity index (χ2v) is 8.49. The summed E-state index contributed by atoms with van der Waals surface area (Å²) in [6.07, 6.45) is 1.55. The number of anilines is 1. The molecule has 0 bridgehead atoms. The van der Waals surface area contributed by atoms with E-state index in [1.165, 1.54) is 22.2 Å². The Morgan fingerprint density at radius 2 is 2.00 bits per heavy atom. The monoisotopic (exact) mass is 391 g/mol. The van der Waals surface area contributed by atoms with Gasteiger partial charge in [0.15, 0.2) is 0 Å². The zero-order chi connectivity index (χ0) is 18.1. The fourth-order valence-corrected chi connectivity index (χ4v) is 4.93. The number of rotatable bonds is 4. The summed E-state index contributed by atoms with van der Waals surface area (Å²) in [5.41, 5.74) is 3.88. The van der Waals surface area contributed by atoms with E-state index in [2.05, 4.69) is 29.1 Å². The molecule has 0 spiro atoms. The Hall–Kier alpha value is -1.63. The molecule has 0 aliphatic carbocycles. The summed E-state index contributed by atoms with van der Waals surface area (Å²) in [4.78, 5) is 23.2. The summed E-state index contributed by atoms with van der Waals surface area (Å²) in [6.45, 7) is 8.06. The van der Waals surface area contributed by atoms with Gasteiger partial charge in [0.2, 0.25) is 5.91 Å². The van der Waals surface area contributed by atoms with Crippen molar-refractivity contribution >= 4 is 56.5 Å². The summed E-state index contributed by atoms with van der Waals surface area (Å²) >= 11 is 9.33. The molecule has 0 aliphatic heterocycles. The zero-order valence-electron chi connectivity index (χ0n) is 14.4. The van der Waals surface area contributed by atoms with Gasteiger partial charge in [-0.1, -0.05) is 29.4 Å². The van der Waals surface area contributed by atoms with Gasteiger partial charge in [0.05, 0.1) is 16.5 Å². The molecule has 2 aromatic heterocycles. The van der Waals surface area contributed by atoms with Crippen LogP contribution >= 0.6 is 34.7 Å². The SMILES string of the molecule is Cc1cc(C)c(NC(=O)CSc2ncnc3sc(C)c(C)c23)c(Cl)c1. The maximum Gasteiger partial charge on any atom is 0.234 e. The normalized spacial score (nSPS) is 11.1. The number of amides is 1. The van der Waals surface area contributed by atoms with Gasteiger partial charge in [0.25, 0.3) is 0 Å². The van der Waals surface area contributed by atoms with E-state index >= 15 is 0 Å². The number of aromatic nitrogens is 2. The number of carbonyl (C=O) groups excluding carboxylic acids is 1. The number of fused-ring (bicyclic) bond motifs is 1. The molecule has 3 rings (SSSR count). The van der Waals surface area contributed by atoms with Gasteiger partial charge in [-0.15, -0.1) is 11.3 Å². The Bertz CT molecular complexity index is 945. The minimum Gasteiger partial charge on any atom is -0.324 e. The number of halogens is 1. The summed E-state index contributed by atoms with van der Waals surface area (Å²) in [5.74, 6) is 0.166. The number of nitrogens with one attached hydrogen (secondary N) is 1. The van der Waals surface area contributed by atoms with Crippen molar-refractivity contribution in [2.75, 3.05) is 11.1 Å². The lowest BCUT2D eigenvalue weighted by Gasteiger charge is -2.11. The first-order valence-electron chi connectivity index (χ1n) is 7.77. The molecule has 1 N–H and O–H groups in total. The molecule has 4 nitrogen and oxygen atoms in total. The minimum atomic E-state index is -0.102. The van der Waals surface area contributed by atoms with Crippen molar-refractivity contribution in [3.05, 3.63) is 45.1 Å². The van der Waals surface area contributed by atoms with Crippen LogP contribution in [0.4, 0.5) is 5.69 Å². The molecule has 3 aromatic rings. The molecule has 0 fully saturated rings. The van der Waals surface area contributed by atoms with Crippen LogP contribution in [-0.4, -0.2) is 21.6 Å². The number of hydrogen-bond acceptors (Lipinski definition) is 5. The van der Waals surface area contributed by atoms with E-state index in [0.717, 1.165) is 26.4 Å². The smallest absolute Gasteiger partial charge is 0.234 e. The Labute approximate surface area is 160 Å². The van der Waals surface area contributed by atoms with Crippen LogP contribution < -0.4 is 5.32 Å². The van der Waals surface area contributed by atoms with Gasteiger partial charge < -0.3 is 5.32 Å². The van der Waals surface area contributed by atoms with E-state index in [9.17, 15) is 4.79 Å². The first kappa shape index (κ1) is 18.2. The van der Waals surface area contributed by atoms with Gasteiger partial charge in [0, 0.05) is 10.3 Å². The maximum absolute atomic E-state index is 12.4. The van der Waals surface area contributed by atoms with Crippen molar-refractivity contribution in [1.29, 1.82) is 0 Å². The molecule has 0 saturated carbocycles.